The molecule has 2 aliphatic rings. The number of amides is 1. The summed E-state index contributed by atoms with van der Waals surface area (Å²) in [5.41, 5.74) is 6.02. The maximum absolute atomic E-state index is 12.5. The molecular weight excluding hydrogens is 248 g/mol. The Morgan fingerprint density at radius 2 is 1.72 bits per heavy atom. The van der Waals surface area contributed by atoms with E-state index in [4.69, 9.17) is 5.73 Å². The first-order valence-corrected chi connectivity index (χ1v) is 7.08. The predicted octanol–water partition coefficient (Wildman–Crippen LogP) is 2.72. The van der Waals surface area contributed by atoms with Crippen molar-refractivity contribution in [3.05, 3.63) is 0 Å². The van der Waals surface area contributed by atoms with E-state index in [2.05, 4.69) is 6.92 Å². The lowest BCUT2D eigenvalue weighted by Gasteiger charge is -2.40. The molecule has 0 radical (unpaired) electrons. The summed E-state index contributed by atoms with van der Waals surface area (Å²) in [6.45, 7) is 2.05. The van der Waals surface area contributed by atoms with Gasteiger partial charge in [0.2, 0.25) is 5.91 Å². The molecule has 0 aliphatic heterocycles. The predicted molar refractivity (Wildman–Crippen MR) is 76.8 cm³/mol. The van der Waals surface area contributed by atoms with Crippen LogP contribution in [0.5, 0.6) is 0 Å². The Hall–Kier alpha value is -0.280. The second kappa shape index (κ2) is 6.25. The molecule has 2 rings (SSSR count). The highest BCUT2D eigenvalue weighted by Gasteiger charge is 2.40. The van der Waals surface area contributed by atoms with E-state index in [1.165, 1.54) is 32.1 Å². The SMILES string of the molecule is CN(C(=O)C1CCCCC1(C)N)C1CCCC1.Cl. The van der Waals surface area contributed by atoms with E-state index in [1.54, 1.807) is 0 Å². The molecule has 0 heterocycles. The Labute approximate surface area is 117 Å². The molecule has 3 nitrogen and oxygen atoms in total. The summed E-state index contributed by atoms with van der Waals surface area (Å²) in [5, 5.41) is 0. The minimum atomic E-state index is -0.289. The number of nitrogens with zero attached hydrogens (tertiary/aromatic N) is 1. The van der Waals surface area contributed by atoms with Crippen LogP contribution in [0.15, 0.2) is 0 Å². The normalized spacial score (nSPS) is 32.9. The summed E-state index contributed by atoms with van der Waals surface area (Å²) in [5.74, 6) is 0.337. The molecule has 0 aromatic heterocycles. The molecule has 2 atom stereocenters. The maximum atomic E-state index is 12.5. The Morgan fingerprint density at radius 3 is 2.28 bits per heavy atom. The fraction of sp³-hybridized carbons (Fsp3) is 0.929. The van der Waals surface area contributed by atoms with Crippen molar-refractivity contribution >= 4 is 18.3 Å². The minimum Gasteiger partial charge on any atom is -0.342 e. The van der Waals surface area contributed by atoms with Gasteiger partial charge in [-0.15, -0.1) is 12.4 Å². The van der Waals surface area contributed by atoms with Gasteiger partial charge in [0.05, 0.1) is 5.92 Å². The molecule has 4 heteroatoms. The van der Waals surface area contributed by atoms with Gasteiger partial charge in [0.15, 0.2) is 0 Å². The molecule has 0 saturated heterocycles. The summed E-state index contributed by atoms with van der Waals surface area (Å²) < 4.78 is 0. The van der Waals surface area contributed by atoms with E-state index in [-0.39, 0.29) is 23.9 Å². The molecule has 18 heavy (non-hydrogen) atoms. The summed E-state index contributed by atoms with van der Waals surface area (Å²) in [4.78, 5) is 14.5. The average Bonchev–Trinajstić information content (AvgIpc) is 2.80. The second-order valence-electron chi connectivity index (χ2n) is 6.19. The van der Waals surface area contributed by atoms with Crippen molar-refractivity contribution in [1.82, 2.24) is 4.90 Å². The van der Waals surface area contributed by atoms with E-state index in [1.807, 2.05) is 11.9 Å². The van der Waals surface area contributed by atoms with E-state index in [0.29, 0.717) is 11.9 Å². The molecule has 0 aromatic carbocycles. The molecule has 2 fully saturated rings. The van der Waals surface area contributed by atoms with Crippen LogP contribution >= 0.6 is 12.4 Å². The topological polar surface area (TPSA) is 46.3 Å². The molecule has 0 spiro atoms. The number of carbonyl (C=O) groups is 1. The highest BCUT2D eigenvalue weighted by molar-refractivity contribution is 5.85. The van der Waals surface area contributed by atoms with Gasteiger partial charge in [-0.05, 0) is 32.6 Å². The van der Waals surface area contributed by atoms with Crippen molar-refractivity contribution in [2.75, 3.05) is 7.05 Å². The molecule has 2 N–H and O–H groups in total. The van der Waals surface area contributed by atoms with Gasteiger partial charge in [-0.2, -0.15) is 0 Å². The molecule has 106 valence electrons. The molecule has 2 unspecified atom stereocenters. The summed E-state index contributed by atoms with van der Waals surface area (Å²) in [7, 11) is 1.98. The quantitative estimate of drug-likeness (QED) is 0.842. The van der Waals surface area contributed by atoms with Crippen LogP contribution in [0.4, 0.5) is 0 Å². The lowest BCUT2D eigenvalue weighted by molar-refractivity contribution is -0.139. The zero-order valence-electron chi connectivity index (χ0n) is 11.7. The molecule has 2 saturated carbocycles. The number of hydrogen-bond acceptors (Lipinski definition) is 2. The third kappa shape index (κ3) is 3.18. The molecule has 2 aliphatic carbocycles. The van der Waals surface area contributed by atoms with Gasteiger partial charge in [-0.3, -0.25) is 4.79 Å². The average molecular weight is 275 g/mol. The van der Waals surface area contributed by atoms with Crippen LogP contribution < -0.4 is 5.73 Å². The standard InChI is InChI=1S/C14H26N2O.ClH/c1-14(15)10-6-5-9-12(14)13(17)16(2)11-7-3-4-8-11;/h11-12H,3-10,15H2,1-2H3;1H. The van der Waals surface area contributed by atoms with Crippen LogP contribution in [0, 0.1) is 5.92 Å². The Bertz CT molecular complexity index is 288. The van der Waals surface area contributed by atoms with Crippen molar-refractivity contribution in [3.8, 4) is 0 Å². The number of hydrogen-bond donors (Lipinski definition) is 1. The highest BCUT2D eigenvalue weighted by atomic mass is 35.5. The van der Waals surface area contributed by atoms with Gasteiger partial charge in [-0.1, -0.05) is 25.7 Å². The monoisotopic (exact) mass is 274 g/mol. The molecule has 0 aromatic rings. The largest absolute Gasteiger partial charge is 0.342 e. The number of rotatable bonds is 2. The summed E-state index contributed by atoms with van der Waals surface area (Å²) in [6, 6.07) is 0.472. The van der Waals surface area contributed by atoms with E-state index in [0.717, 1.165) is 19.3 Å². The first kappa shape index (κ1) is 15.8. The third-order valence-electron chi connectivity index (χ3n) is 4.77. The first-order valence-electron chi connectivity index (χ1n) is 7.08. The molecular formula is C14H27ClN2O. The van der Waals surface area contributed by atoms with Crippen molar-refractivity contribution < 1.29 is 4.79 Å². The van der Waals surface area contributed by atoms with Gasteiger partial charge in [0.25, 0.3) is 0 Å². The van der Waals surface area contributed by atoms with Crippen LogP contribution in [-0.2, 0) is 4.79 Å². The maximum Gasteiger partial charge on any atom is 0.227 e. The van der Waals surface area contributed by atoms with Crippen molar-refractivity contribution in [2.24, 2.45) is 11.7 Å². The van der Waals surface area contributed by atoms with E-state index >= 15 is 0 Å². The Kier molecular flexibility index (Phi) is 5.47. The molecule has 1 amide bonds. The van der Waals surface area contributed by atoms with Gasteiger partial charge in [-0.25, -0.2) is 0 Å². The highest BCUT2D eigenvalue weighted by Crippen LogP contribution is 2.34. The zero-order chi connectivity index (χ0) is 12.5. The van der Waals surface area contributed by atoms with Gasteiger partial charge in [0.1, 0.15) is 0 Å². The third-order valence-corrected chi connectivity index (χ3v) is 4.77. The zero-order valence-corrected chi connectivity index (χ0v) is 12.5. The van der Waals surface area contributed by atoms with Crippen LogP contribution in [0.2, 0.25) is 0 Å². The summed E-state index contributed by atoms with van der Waals surface area (Å²) in [6.07, 6.45) is 9.18. The van der Waals surface area contributed by atoms with Crippen molar-refractivity contribution in [2.45, 2.75) is 69.9 Å². The van der Waals surface area contributed by atoms with Crippen molar-refractivity contribution in [3.63, 3.8) is 0 Å². The van der Waals surface area contributed by atoms with Gasteiger partial charge >= 0.3 is 0 Å². The second-order valence-corrected chi connectivity index (χ2v) is 6.19. The van der Waals surface area contributed by atoms with Crippen LogP contribution in [-0.4, -0.2) is 29.4 Å². The van der Waals surface area contributed by atoms with Crippen molar-refractivity contribution in [1.29, 1.82) is 0 Å². The van der Waals surface area contributed by atoms with E-state index < -0.39 is 0 Å². The fourth-order valence-electron chi connectivity index (χ4n) is 3.48. The van der Waals surface area contributed by atoms with Crippen LogP contribution in [0.25, 0.3) is 0 Å². The Balaban J connectivity index is 0.00000162. The molecule has 0 bridgehead atoms. The fourth-order valence-corrected chi connectivity index (χ4v) is 3.48. The number of nitrogens with two attached hydrogens (primary N) is 1. The first-order chi connectivity index (χ1) is 8.02. The van der Waals surface area contributed by atoms with Crippen LogP contribution in [0.1, 0.15) is 58.3 Å². The van der Waals surface area contributed by atoms with Gasteiger partial charge in [0, 0.05) is 18.6 Å². The lowest BCUT2D eigenvalue weighted by atomic mass is 9.74. The number of carbonyl (C=O) groups excluding carboxylic acids is 1. The lowest BCUT2D eigenvalue weighted by Crippen LogP contribution is -2.54. The van der Waals surface area contributed by atoms with Crippen LogP contribution in [0.3, 0.4) is 0 Å². The minimum absolute atomic E-state index is 0. The van der Waals surface area contributed by atoms with Gasteiger partial charge < -0.3 is 10.6 Å². The summed E-state index contributed by atoms with van der Waals surface area (Å²) >= 11 is 0. The van der Waals surface area contributed by atoms with E-state index in [9.17, 15) is 4.79 Å². The Morgan fingerprint density at radius 1 is 1.17 bits per heavy atom. The number of halogens is 1. The smallest absolute Gasteiger partial charge is 0.227 e.